The van der Waals surface area contributed by atoms with Gasteiger partial charge in [0.2, 0.25) is 0 Å². The molecule has 0 saturated heterocycles. The predicted molar refractivity (Wildman–Crippen MR) is 70.7 cm³/mol. The van der Waals surface area contributed by atoms with Crippen LogP contribution < -0.4 is 5.32 Å². The Balaban J connectivity index is 2.55. The zero-order chi connectivity index (χ0) is 12.8. The molecule has 0 bridgehead atoms. The number of hydrogen-bond acceptors (Lipinski definition) is 3. The van der Waals surface area contributed by atoms with E-state index >= 15 is 0 Å². The predicted octanol–water partition coefficient (Wildman–Crippen LogP) is 1.91. The Morgan fingerprint density at radius 1 is 1.41 bits per heavy atom. The maximum absolute atomic E-state index is 8.80. The van der Waals surface area contributed by atoms with Crippen molar-refractivity contribution in [2.75, 3.05) is 20.6 Å². The fourth-order valence-electron chi connectivity index (χ4n) is 1.86. The van der Waals surface area contributed by atoms with Crippen molar-refractivity contribution in [3.8, 4) is 6.07 Å². The van der Waals surface area contributed by atoms with Gasteiger partial charge in [0.05, 0.1) is 11.6 Å². The number of nitrogens with zero attached hydrogens (tertiary/aromatic N) is 2. The molecule has 92 valence electrons. The third-order valence-electron chi connectivity index (χ3n) is 2.75. The van der Waals surface area contributed by atoms with Crippen LogP contribution >= 0.6 is 0 Å². The molecule has 3 nitrogen and oxygen atoms in total. The van der Waals surface area contributed by atoms with Gasteiger partial charge in [0.15, 0.2) is 0 Å². The summed E-state index contributed by atoms with van der Waals surface area (Å²) in [6, 6.07) is 8.46. The molecule has 1 rings (SSSR count). The Hall–Kier alpha value is -1.37. The highest BCUT2D eigenvalue weighted by atomic mass is 15.1. The highest BCUT2D eigenvalue weighted by Crippen LogP contribution is 2.10. The minimum atomic E-state index is 0.458. The van der Waals surface area contributed by atoms with Gasteiger partial charge in [0.25, 0.3) is 0 Å². The molecule has 1 aromatic rings. The summed E-state index contributed by atoms with van der Waals surface area (Å²) in [5.41, 5.74) is 3.16. The van der Waals surface area contributed by atoms with Gasteiger partial charge >= 0.3 is 0 Å². The van der Waals surface area contributed by atoms with Gasteiger partial charge in [-0.05, 0) is 51.2 Å². The summed E-state index contributed by atoms with van der Waals surface area (Å²) in [5, 5.41) is 12.3. The van der Waals surface area contributed by atoms with Crippen molar-refractivity contribution in [2.45, 2.75) is 26.4 Å². The smallest absolute Gasteiger partial charge is 0.0991 e. The molecule has 1 N–H and O–H groups in total. The molecule has 0 amide bonds. The minimum absolute atomic E-state index is 0.458. The average molecular weight is 231 g/mol. The molecule has 0 radical (unpaired) electrons. The van der Waals surface area contributed by atoms with Crippen LogP contribution in [0.1, 0.15) is 23.6 Å². The lowest BCUT2D eigenvalue weighted by atomic mass is 10.1. The Morgan fingerprint density at radius 3 is 2.65 bits per heavy atom. The van der Waals surface area contributed by atoms with Crippen LogP contribution in [0.5, 0.6) is 0 Å². The third-order valence-corrected chi connectivity index (χ3v) is 2.75. The quantitative estimate of drug-likeness (QED) is 0.841. The third kappa shape index (κ3) is 4.56. The van der Waals surface area contributed by atoms with Crippen molar-refractivity contribution in [1.29, 1.82) is 5.26 Å². The van der Waals surface area contributed by atoms with E-state index in [0.717, 1.165) is 18.7 Å². The van der Waals surface area contributed by atoms with E-state index in [-0.39, 0.29) is 0 Å². The number of hydrogen-bond donors (Lipinski definition) is 1. The van der Waals surface area contributed by atoms with Crippen molar-refractivity contribution >= 4 is 0 Å². The Kier molecular flexibility index (Phi) is 5.14. The molecule has 0 aliphatic rings. The van der Waals surface area contributed by atoms with E-state index < -0.39 is 0 Å². The zero-order valence-corrected chi connectivity index (χ0v) is 11.1. The first kappa shape index (κ1) is 13.7. The number of likely N-dealkylation sites (N-methyl/N-ethyl adjacent to an activating group) is 1. The first-order chi connectivity index (χ1) is 8.02. The van der Waals surface area contributed by atoms with Gasteiger partial charge in [-0.25, -0.2) is 0 Å². The SMILES string of the molecule is Cc1cc(C#N)ccc1CNC(C)CN(C)C. The summed E-state index contributed by atoms with van der Waals surface area (Å²) in [6.45, 7) is 6.11. The largest absolute Gasteiger partial charge is 0.309 e. The van der Waals surface area contributed by atoms with Crippen molar-refractivity contribution < 1.29 is 0 Å². The van der Waals surface area contributed by atoms with Crippen LogP contribution in [0.4, 0.5) is 0 Å². The molecule has 17 heavy (non-hydrogen) atoms. The molecule has 0 aliphatic heterocycles. The van der Waals surface area contributed by atoms with Crippen LogP contribution in [0.15, 0.2) is 18.2 Å². The number of benzene rings is 1. The lowest BCUT2D eigenvalue weighted by Gasteiger charge is -2.19. The number of nitrogens with one attached hydrogen (secondary N) is 1. The summed E-state index contributed by atoms with van der Waals surface area (Å²) in [7, 11) is 4.15. The van der Waals surface area contributed by atoms with Crippen LogP contribution in [0.3, 0.4) is 0 Å². The van der Waals surface area contributed by atoms with E-state index in [1.54, 1.807) is 0 Å². The molecule has 0 heterocycles. The lowest BCUT2D eigenvalue weighted by molar-refractivity contribution is 0.349. The van der Waals surface area contributed by atoms with Gasteiger partial charge in [-0.2, -0.15) is 5.26 Å². The van der Waals surface area contributed by atoms with Gasteiger partial charge < -0.3 is 10.2 Å². The van der Waals surface area contributed by atoms with E-state index in [1.807, 2.05) is 18.2 Å². The first-order valence-corrected chi connectivity index (χ1v) is 5.90. The van der Waals surface area contributed by atoms with Gasteiger partial charge in [-0.3, -0.25) is 0 Å². The highest BCUT2D eigenvalue weighted by molar-refractivity contribution is 5.37. The zero-order valence-electron chi connectivity index (χ0n) is 11.1. The Bertz CT molecular complexity index is 404. The van der Waals surface area contributed by atoms with E-state index in [1.165, 1.54) is 11.1 Å². The Labute approximate surface area is 104 Å². The molecule has 1 aromatic carbocycles. The van der Waals surface area contributed by atoms with Crippen LogP contribution in [0.25, 0.3) is 0 Å². The maximum atomic E-state index is 8.80. The van der Waals surface area contributed by atoms with Crippen LogP contribution in [-0.2, 0) is 6.54 Å². The van der Waals surface area contributed by atoms with Crippen LogP contribution in [0, 0.1) is 18.3 Å². The van der Waals surface area contributed by atoms with Gasteiger partial charge in [-0.15, -0.1) is 0 Å². The van der Waals surface area contributed by atoms with Gasteiger partial charge in [0.1, 0.15) is 0 Å². The summed E-state index contributed by atoms with van der Waals surface area (Å²) in [5.74, 6) is 0. The van der Waals surface area contributed by atoms with E-state index in [9.17, 15) is 0 Å². The molecule has 1 unspecified atom stereocenters. The fraction of sp³-hybridized carbons (Fsp3) is 0.500. The molecule has 1 atom stereocenters. The van der Waals surface area contributed by atoms with Gasteiger partial charge in [0, 0.05) is 19.1 Å². The van der Waals surface area contributed by atoms with Crippen LogP contribution in [0.2, 0.25) is 0 Å². The number of nitriles is 1. The monoisotopic (exact) mass is 231 g/mol. The molecule has 0 aliphatic carbocycles. The molecule has 0 spiro atoms. The second-order valence-corrected chi connectivity index (χ2v) is 4.80. The first-order valence-electron chi connectivity index (χ1n) is 5.90. The summed E-state index contributed by atoms with van der Waals surface area (Å²) in [6.07, 6.45) is 0. The van der Waals surface area contributed by atoms with Crippen molar-refractivity contribution in [1.82, 2.24) is 10.2 Å². The average Bonchev–Trinajstić information content (AvgIpc) is 2.26. The molecule has 0 aromatic heterocycles. The minimum Gasteiger partial charge on any atom is -0.309 e. The van der Waals surface area contributed by atoms with Crippen molar-refractivity contribution in [2.24, 2.45) is 0 Å². The number of rotatable bonds is 5. The molecule has 0 fully saturated rings. The van der Waals surface area contributed by atoms with E-state index in [0.29, 0.717) is 6.04 Å². The molecular weight excluding hydrogens is 210 g/mol. The van der Waals surface area contributed by atoms with Crippen molar-refractivity contribution in [3.05, 3.63) is 34.9 Å². The summed E-state index contributed by atoms with van der Waals surface area (Å²) < 4.78 is 0. The van der Waals surface area contributed by atoms with E-state index in [2.05, 4.69) is 44.2 Å². The highest BCUT2D eigenvalue weighted by Gasteiger charge is 2.04. The van der Waals surface area contributed by atoms with Crippen molar-refractivity contribution in [3.63, 3.8) is 0 Å². The van der Waals surface area contributed by atoms with Gasteiger partial charge in [-0.1, -0.05) is 6.07 Å². The molecule has 0 saturated carbocycles. The summed E-state index contributed by atoms with van der Waals surface area (Å²) >= 11 is 0. The topological polar surface area (TPSA) is 39.1 Å². The molecular formula is C14H21N3. The number of aryl methyl sites for hydroxylation is 1. The second kappa shape index (κ2) is 6.39. The normalized spacial score (nSPS) is 12.5. The summed E-state index contributed by atoms with van der Waals surface area (Å²) in [4.78, 5) is 2.17. The standard InChI is InChI=1S/C14H21N3/c1-11-7-13(8-15)5-6-14(11)9-16-12(2)10-17(3)4/h5-7,12,16H,9-10H2,1-4H3. The fourth-order valence-corrected chi connectivity index (χ4v) is 1.86. The lowest BCUT2D eigenvalue weighted by Crippen LogP contribution is -2.35. The van der Waals surface area contributed by atoms with E-state index in [4.69, 9.17) is 5.26 Å². The Morgan fingerprint density at radius 2 is 2.12 bits per heavy atom. The second-order valence-electron chi connectivity index (χ2n) is 4.80. The molecule has 3 heteroatoms. The van der Waals surface area contributed by atoms with Crippen LogP contribution in [-0.4, -0.2) is 31.6 Å². The maximum Gasteiger partial charge on any atom is 0.0991 e.